The molecule has 0 amide bonds. The second-order valence-electron chi connectivity index (χ2n) is 4.58. The maximum Gasteiger partial charge on any atom is 0.140 e. The number of nitrogens with one attached hydrogen (secondary N) is 1. The van der Waals surface area contributed by atoms with Crippen molar-refractivity contribution < 1.29 is 4.39 Å². The summed E-state index contributed by atoms with van der Waals surface area (Å²) in [6.07, 6.45) is 0. The molecule has 0 saturated carbocycles. The first-order chi connectivity index (χ1) is 9.60. The van der Waals surface area contributed by atoms with E-state index in [1.54, 1.807) is 12.1 Å². The molecule has 20 heavy (non-hydrogen) atoms. The minimum absolute atomic E-state index is 0.0692. The second kappa shape index (κ2) is 6.51. The summed E-state index contributed by atoms with van der Waals surface area (Å²) < 4.78 is 13.2. The van der Waals surface area contributed by atoms with Crippen molar-refractivity contribution in [2.75, 3.05) is 0 Å². The van der Waals surface area contributed by atoms with Gasteiger partial charge in [0, 0.05) is 17.6 Å². The van der Waals surface area contributed by atoms with E-state index >= 15 is 0 Å². The van der Waals surface area contributed by atoms with E-state index in [9.17, 15) is 4.39 Å². The number of benzene rings is 2. The van der Waals surface area contributed by atoms with Gasteiger partial charge in [-0.25, -0.2) is 4.39 Å². The summed E-state index contributed by atoms with van der Waals surface area (Å²) in [6, 6.07) is 14.2. The lowest BCUT2D eigenvalue weighted by Gasteiger charge is -2.14. The van der Waals surface area contributed by atoms with Crippen LogP contribution in [-0.2, 0) is 6.54 Å². The van der Waals surface area contributed by atoms with Gasteiger partial charge in [0.05, 0.1) is 5.56 Å². The van der Waals surface area contributed by atoms with Crippen molar-refractivity contribution in [3.8, 4) is 6.07 Å². The Hall–Kier alpha value is -1.89. The van der Waals surface area contributed by atoms with Crippen molar-refractivity contribution in [1.29, 1.82) is 5.26 Å². The van der Waals surface area contributed by atoms with E-state index in [1.165, 1.54) is 6.07 Å². The molecule has 0 heterocycles. The van der Waals surface area contributed by atoms with Gasteiger partial charge in [-0.3, -0.25) is 0 Å². The van der Waals surface area contributed by atoms with E-state index in [-0.39, 0.29) is 11.6 Å². The molecule has 4 heteroatoms. The smallest absolute Gasteiger partial charge is 0.140 e. The SMILES string of the molecule is C[C@H](NCc1ccc(F)c(C#N)c1)c1cccc(Cl)c1. The molecule has 0 radical (unpaired) electrons. The van der Waals surface area contributed by atoms with Crippen molar-refractivity contribution in [3.63, 3.8) is 0 Å². The molecular weight excluding hydrogens is 275 g/mol. The Bertz CT molecular complexity index is 649. The second-order valence-corrected chi connectivity index (χ2v) is 5.02. The highest BCUT2D eigenvalue weighted by Gasteiger charge is 2.07. The number of hydrogen-bond acceptors (Lipinski definition) is 2. The number of nitriles is 1. The van der Waals surface area contributed by atoms with Gasteiger partial charge >= 0.3 is 0 Å². The van der Waals surface area contributed by atoms with Gasteiger partial charge in [-0.15, -0.1) is 0 Å². The van der Waals surface area contributed by atoms with Crippen LogP contribution in [0.3, 0.4) is 0 Å². The number of hydrogen-bond donors (Lipinski definition) is 1. The minimum Gasteiger partial charge on any atom is -0.306 e. The van der Waals surface area contributed by atoms with Crippen LogP contribution in [0.2, 0.25) is 5.02 Å². The molecule has 102 valence electrons. The molecule has 0 aliphatic rings. The van der Waals surface area contributed by atoms with Gasteiger partial charge in [0.25, 0.3) is 0 Å². The third-order valence-corrected chi connectivity index (χ3v) is 3.35. The number of rotatable bonds is 4. The van der Waals surface area contributed by atoms with Crippen molar-refractivity contribution in [1.82, 2.24) is 5.32 Å². The van der Waals surface area contributed by atoms with Crippen LogP contribution in [-0.4, -0.2) is 0 Å². The van der Waals surface area contributed by atoms with Crippen LogP contribution >= 0.6 is 11.6 Å². The van der Waals surface area contributed by atoms with E-state index in [0.717, 1.165) is 11.1 Å². The lowest BCUT2D eigenvalue weighted by Crippen LogP contribution is -2.18. The summed E-state index contributed by atoms with van der Waals surface area (Å²) in [5, 5.41) is 12.8. The Balaban J connectivity index is 2.04. The highest BCUT2D eigenvalue weighted by molar-refractivity contribution is 6.30. The average Bonchev–Trinajstić information content (AvgIpc) is 2.46. The van der Waals surface area contributed by atoms with Crippen LogP contribution in [0.5, 0.6) is 0 Å². The van der Waals surface area contributed by atoms with Gasteiger partial charge in [-0.05, 0) is 42.3 Å². The Kier molecular flexibility index (Phi) is 4.73. The van der Waals surface area contributed by atoms with Crippen LogP contribution < -0.4 is 5.32 Å². The maximum absolute atomic E-state index is 13.2. The van der Waals surface area contributed by atoms with E-state index in [1.807, 2.05) is 37.3 Å². The third kappa shape index (κ3) is 3.57. The first kappa shape index (κ1) is 14.5. The van der Waals surface area contributed by atoms with E-state index < -0.39 is 5.82 Å². The standard InChI is InChI=1S/C16H14ClFN2/c1-11(13-3-2-4-15(17)8-13)20-10-12-5-6-16(18)14(7-12)9-19/h2-8,11,20H,10H2,1H3/t11-/m0/s1. The van der Waals surface area contributed by atoms with Gasteiger partial charge < -0.3 is 5.32 Å². The topological polar surface area (TPSA) is 35.8 Å². The predicted octanol–water partition coefficient (Wildman–Crippen LogP) is 4.20. The van der Waals surface area contributed by atoms with Crippen LogP contribution in [0.25, 0.3) is 0 Å². The maximum atomic E-state index is 13.2. The first-order valence-corrected chi connectivity index (χ1v) is 6.65. The monoisotopic (exact) mass is 288 g/mol. The predicted molar refractivity (Wildman–Crippen MR) is 77.8 cm³/mol. The summed E-state index contributed by atoms with van der Waals surface area (Å²) in [4.78, 5) is 0. The summed E-state index contributed by atoms with van der Waals surface area (Å²) in [7, 11) is 0. The molecule has 0 aliphatic heterocycles. The van der Waals surface area contributed by atoms with Crippen LogP contribution in [0, 0.1) is 17.1 Å². The normalized spacial score (nSPS) is 11.9. The molecular formula is C16H14ClFN2. The third-order valence-electron chi connectivity index (χ3n) is 3.11. The van der Waals surface area contributed by atoms with Crippen LogP contribution in [0.15, 0.2) is 42.5 Å². The van der Waals surface area contributed by atoms with Crippen molar-refractivity contribution in [3.05, 3.63) is 70.0 Å². The highest BCUT2D eigenvalue weighted by Crippen LogP contribution is 2.18. The Morgan fingerprint density at radius 1 is 1.30 bits per heavy atom. The molecule has 0 fully saturated rings. The van der Waals surface area contributed by atoms with Gasteiger partial charge in [0.15, 0.2) is 0 Å². The zero-order chi connectivity index (χ0) is 14.5. The summed E-state index contributed by atoms with van der Waals surface area (Å²) in [5.74, 6) is -0.487. The fourth-order valence-corrected chi connectivity index (χ4v) is 2.13. The average molecular weight is 289 g/mol. The minimum atomic E-state index is -0.487. The Morgan fingerprint density at radius 2 is 2.10 bits per heavy atom. The summed E-state index contributed by atoms with van der Waals surface area (Å²) >= 11 is 5.96. The molecule has 2 rings (SSSR count). The molecule has 0 unspecified atom stereocenters. The quantitative estimate of drug-likeness (QED) is 0.915. The fourth-order valence-electron chi connectivity index (χ4n) is 1.93. The first-order valence-electron chi connectivity index (χ1n) is 6.27. The Labute approximate surface area is 122 Å². The molecule has 2 nitrogen and oxygen atoms in total. The lowest BCUT2D eigenvalue weighted by molar-refractivity contribution is 0.572. The highest BCUT2D eigenvalue weighted by atomic mass is 35.5. The summed E-state index contributed by atoms with van der Waals surface area (Å²) in [5.41, 5.74) is 2.02. The molecule has 0 bridgehead atoms. The van der Waals surface area contributed by atoms with Crippen molar-refractivity contribution in [2.45, 2.75) is 19.5 Å². The largest absolute Gasteiger partial charge is 0.306 e. The zero-order valence-corrected chi connectivity index (χ0v) is 11.8. The van der Waals surface area contributed by atoms with Crippen molar-refractivity contribution >= 4 is 11.6 Å². The van der Waals surface area contributed by atoms with Crippen LogP contribution in [0.1, 0.15) is 29.7 Å². The molecule has 0 aliphatic carbocycles. The summed E-state index contributed by atoms with van der Waals surface area (Å²) in [6.45, 7) is 2.59. The van der Waals surface area contributed by atoms with E-state index in [0.29, 0.717) is 11.6 Å². The number of nitrogens with zero attached hydrogens (tertiary/aromatic N) is 1. The molecule has 0 aromatic heterocycles. The van der Waals surface area contributed by atoms with Gasteiger partial charge in [-0.2, -0.15) is 5.26 Å². The van der Waals surface area contributed by atoms with Gasteiger partial charge in [0.1, 0.15) is 11.9 Å². The molecule has 2 aromatic rings. The van der Waals surface area contributed by atoms with Crippen molar-refractivity contribution in [2.24, 2.45) is 0 Å². The molecule has 1 N–H and O–H groups in total. The van der Waals surface area contributed by atoms with Crippen LogP contribution in [0.4, 0.5) is 4.39 Å². The van der Waals surface area contributed by atoms with E-state index in [4.69, 9.17) is 16.9 Å². The number of halogens is 2. The molecule has 2 aromatic carbocycles. The zero-order valence-electron chi connectivity index (χ0n) is 11.0. The molecule has 1 atom stereocenters. The van der Waals surface area contributed by atoms with E-state index in [2.05, 4.69) is 5.32 Å². The lowest BCUT2D eigenvalue weighted by atomic mass is 10.1. The van der Waals surface area contributed by atoms with Gasteiger partial charge in [0.2, 0.25) is 0 Å². The van der Waals surface area contributed by atoms with Gasteiger partial charge in [-0.1, -0.05) is 29.8 Å². The Morgan fingerprint density at radius 3 is 2.80 bits per heavy atom. The fraction of sp³-hybridized carbons (Fsp3) is 0.188. The molecule has 0 spiro atoms. The molecule has 0 saturated heterocycles.